The standard InChI is InChI=1S/C11H11NO6S/c1-11(10(15)16,7-2-4-12-5-3-7)8(19(17)18)6-9(13)14/h2-5H,6H2,1H3,(H,13,14)(H,15,16). The molecule has 0 saturated carbocycles. The number of pyridine rings is 1. The van der Waals surface area contributed by atoms with Gasteiger partial charge >= 0.3 is 11.9 Å². The van der Waals surface area contributed by atoms with Crippen LogP contribution in [0.2, 0.25) is 0 Å². The van der Waals surface area contributed by atoms with E-state index in [0.29, 0.717) is 0 Å². The summed E-state index contributed by atoms with van der Waals surface area (Å²) in [5.74, 6) is -2.86. The zero-order valence-corrected chi connectivity index (χ0v) is 10.7. The second kappa shape index (κ2) is 5.61. The highest BCUT2D eigenvalue weighted by molar-refractivity contribution is 7.73. The van der Waals surface area contributed by atoms with E-state index in [-0.39, 0.29) is 5.56 Å². The molecule has 0 aliphatic heterocycles. The van der Waals surface area contributed by atoms with E-state index in [4.69, 9.17) is 5.11 Å². The number of aromatic nitrogens is 1. The highest BCUT2D eigenvalue weighted by Crippen LogP contribution is 2.27. The minimum absolute atomic E-state index is 0.149. The molecule has 1 heterocycles. The molecule has 0 aromatic carbocycles. The van der Waals surface area contributed by atoms with Gasteiger partial charge in [-0.3, -0.25) is 14.6 Å². The Morgan fingerprint density at radius 1 is 1.26 bits per heavy atom. The molecular weight excluding hydrogens is 274 g/mol. The Kier molecular flexibility index (Phi) is 4.38. The van der Waals surface area contributed by atoms with Gasteiger partial charge in [0.25, 0.3) is 0 Å². The number of carboxylic acids is 2. The molecule has 0 spiro atoms. The van der Waals surface area contributed by atoms with Crippen molar-refractivity contribution < 1.29 is 28.2 Å². The summed E-state index contributed by atoms with van der Waals surface area (Å²) in [6, 6.07) is 2.67. The minimum atomic E-state index is -2.93. The maximum Gasteiger partial charge on any atom is 0.319 e. The average molecular weight is 285 g/mol. The molecule has 1 aromatic rings. The summed E-state index contributed by atoms with van der Waals surface area (Å²) >= 11 is 0. The van der Waals surface area contributed by atoms with Crippen LogP contribution in [0.25, 0.3) is 0 Å². The molecule has 2 N–H and O–H groups in total. The van der Waals surface area contributed by atoms with E-state index in [1.54, 1.807) is 0 Å². The molecule has 102 valence electrons. The summed E-state index contributed by atoms with van der Waals surface area (Å²) in [6.07, 6.45) is 1.74. The largest absolute Gasteiger partial charge is 0.481 e. The van der Waals surface area contributed by atoms with Gasteiger partial charge in [-0.05, 0) is 24.6 Å². The molecule has 8 heteroatoms. The first-order valence-electron chi connectivity index (χ1n) is 5.11. The van der Waals surface area contributed by atoms with Gasteiger partial charge in [0.2, 0.25) is 10.3 Å². The van der Waals surface area contributed by atoms with Gasteiger partial charge in [-0.1, -0.05) is 0 Å². The number of hydrogen-bond donors (Lipinski definition) is 2. The second-order valence-corrected chi connectivity index (χ2v) is 4.86. The lowest BCUT2D eigenvalue weighted by molar-refractivity contribution is -0.140. The third-order valence-electron chi connectivity index (χ3n) is 2.76. The lowest BCUT2D eigenvalue weighted by Gasteiger charge is -2.24. The smallest absolute Gasteiger partial charge is 0.319 e. The second-order valence-electron chi connectivity index (χ2n) is 3.89. The van der Waals surface area contributed by atoms with Gasteiger partial charge in [-0.15, -0.1) is 0 Å². The first kappa shape index (κ1) is 14.8. The summed E-state index contributed by atoms with van der Waals surface area (Å²) in [6.45, 7) is 1.15. The Balaban J connectivity index is 3.55. The summed E-state index contributed by atoms with van der Waals surface area (Å²) < 4.78 is 22.4. The third-order valence-corrected chi connectivity index (χ3v) is 3.71. The highest BCUT2D eigenvalue weighted by Gasteiger charge is 2.42. The molecule has 1 rings (SSSR count). The van der Waals surface area contributed by atoms with Gasteiger partial charge < -0.3 is 10.2 Å². The van der Waals surface area contributed by atoms with Crippen LogP contribution in [0.15, 0.2) is 24.5 Å². The number of carboxylic acid groups (broad SMARTS) is 2. The third kappa shape index (κ3) is 2.97. The monoisotopic (exact) mass is 285 g/mol. The van der Waals surface area contributed by atoms with Crippen LogP contribution in [-0.2, 0) is 25.3 Å². The molecule has 7 nitrogen and oxygen atoms in total. The summed E-state index contributed by atoms with van der Waals surface area (Å²) in [5, 5.41) is 18.0. The lowest BCUT2D eigenvalue weighted by Crippen LogP contribution is -2.42. The van der Waals surface area contributed by atoms with Crippen molar-refractivity contribution in [2.24, 2.45) is 0 Å². The van der Waals surface area contributed by atoms with Gasteiger partial charge in [-0.2, -0.15) is 8.42 Å². The van der Waals surface area contributed by atoms with Crippen molar-refractivity contribution in [3.8, 4) is 0 Å². The van der Waals surface area contributed by atoms with Crippen LogP contribution in [0.1, 0.15) is 18.9 Å². The topological polar surface area (TPSA) is 122 Å². The normalized spacial score (nSPS) is 13.3. The molecule has 0 bridgehead atoms. The predicted molar refractivity (Wildman–Crippen MR) is 65.4 cm³/mol. The van der Waals surface area contributed by atoms with Gasteiger partial charge in [0.05, 0.1) is 11.3 Å². The SMILES string of the molecule is CC(C(=O)O)(C(CC(=O)O)=S(=O)=O)c1ccncc1. The van der Waals surface area contributed by atoms with E-state index in [1.165, 1.54) is 24.5 Å². The van der Waals surface area contributed by atoms with Gasteiger partial charge in [0, 0.05) is 12.4 Å². The molecule has 19 heavy (non-hydrogen) atoms. The molecule has 0 fully saturated rings. The Bertz CT molecular complexity index is 628. The predicted octanol–water partition coefficient (Wildman–Crippen LogP) is -0.0499. The molecule has 0 amide bonds. The van der Waals surface area contributed by atoms with Crippen molar-refractivity contribution in [3.63, 3.8) is 0 Å². The van der Waals surface area contributed by atoms with Crippen molar-refractivity contribution in [2.75, 3.05) is 0 Å². The summed E-state index contributed by atoms with van der Waals surface area (Å²) in [4.78, 5) is 25.3. The molecule has 0 radical (unpaired) electrons. The maximum absolute atomic E-state index is 11.4. The van der Waals surface area contributed by atoms with E-state index in [1.807, 2.05) is 0 Å². The number of aliphatic carboxylic acids is 2. The number of nitrogens with zero attached hydrogens (tertiary/aromatic N) is 1. The molecule has 0 saturated heterocycles. The fraction of sp³-hybridized carbons (Fsp3) is 0.273. The molecule has 1 unspecified atom stereocenters. The van der Waals surface area contributed by atoms with Gasteiger partial charge in [0.1, 0.15) is 5.41 Å². The molecule has 0 aliphatic rings. The molecule has 0 aliphatic carbocycles. The minimum Gasteiger partial charge on any atom is -0.481 e. The Hall–Kier alpha value is -2.22. The van der Waals surface area contributed by atoms with E-state index in [9.17, 15) is 23.1 Å². The number of rotatable bonds is 5. The van der Waals surface area contributed by atoms with E-state index < -0.39 is 38.9 Å². The number of hydrogen-bond acceptors (Lipinski definition) is 5. The van der Waals surface area contributed by atoms with E-state index >= 15 is 0 Å². The lowest BCUT2D eigenvalue weighted by atomic mass is 9.79. The first-order valence-corrected chi connectivity index (χ1v) is 6.19. The Morgan fingerprint density at radius 3 is 2.16 bits per heavy atom. The molecular formula is C11H11NO6S. The van der Waals surface area contributed by atoms with Crippen LogP contribution in [0.3, 0.4) is 0 Å². The Morgan fingerprint density at radius 2 is 1.79 bits per heavy atom. The van der Waals surface area contributed by atoms with E-state index in [0.717, 1.165) is 6.92 Å². The van der Waals surface area contributed by atoms with Crippen molar-refractivity contribution in [3.05, 3.63) is 30.1 Å². The zero-order valence-electron chi connectivity index (χ0n) is 9.90. The Labute approximate surface area is 110 Å². The van der Waals surface area contributed by atoms with Gasteiger partial charge in [0.15, 0.2) is 0 Å². The van der Waals surface area contributed by atoms with Crippen molar-refractivity contribution in [2.45, 2.75) is 18.8 Å². The first-order chi connectivity index (χ1) is 8.80. The van der Waals surface area contributed by atoms with Crippen LogP contribution in [0.5, 0.6) is 0 Å². The fourth-order valence-electron chi connectivity index (χ4n) is 1.63. The molecule has 1 aromatic heterocycles. The van der Waals surface area contributed by atoms with E-state index in [2.05, 4.69) is 4.98 Å². The summed E-state index contributed by atoms with van der Waals surface area (Å²) in [5.41, 5.74) is -1.79. The van der Waals surface area contributed by atoms with Crippen LogP contribution in [0.4, 0.5) is 0 Å². The zero-order chi connectivity index (χ0) is 14.6. The maximum atomic E-state index is 11.4. The van der Waals surface area contributed by atoms with Gasteiger partial charge in [-0.25, -0.2) is 0 Å². The van der Waals surface area contributed by atoms with Crippen LogP contribution >= 0.6 is 0 Å². The van der Waals surface area contributed by atoms with Crippen molar-refractivity contribution >= 4 is 27.1 Å². The number of carbonyl (C=O) groups is 2. The average Bonchev–Trinajstić information content (AvgIpc) is 2.35. The van der Waals surface area contributed by atoms with Crippen LogP contribution < -0.4 is 0 Å². The quantitative estimate of drug-likeness (QED) is 0.727. The van der Waals surface area contributed by atoms with Crippen LogP contribution in [0, 0.1) is 0 Å². The highest BCUT2D eigenvalue weighted by atomic mass is 32.2. The fourth-order valence-corrected chi connectivity index (χ4v) is 2.41. The summed E-state index contributed by atoms with van der Waals surface area (Å²) in [7, 11) is -2.93. The van der Waals surface area contributed by atoms with Crippen molar-refractivity contribution in [1.29, 1.82) is 0 Å². The molecule has 1 atom stereocenters. The van der Waals surface area contributed by atoms with Crippen LogP contribution in [-0.4, -0.2) is 40.4 Å². The van der Waals surface area contributed by atoms with Crippen molar-refractivity contribution in [1.82, 2.24) is 4.98 Å².